The molecule has 1 aliphatic rings. The van der Waals surface area contributed by atoms with Crippen LogP contribution in [0, 0.1) is 5.92 Å². The second-order valence-corrected chi connectivity index (χ2v) is 7.19. The van der Waals surface area contributed by atoms with E-state index in [1.165, 1.54) is 0 Å². The largest absolute Gasteiger partial charge is 0.459 e. The lowest BCUT2D eigenvalue weighted by Crippen LogP contribution is -2.29. The first-order valence-corrected chi connectivity index (χ1v) is 9.64. The number of benzene rings is 2. The zero-order chi connectivity index (χ0) is 20.2. The van der Waals surface area contributed by atoms with Gasteiger partial charge in [-0.2, -0.15) is 0 Å². The zero-order valence-corrected chi connectivity index (χ0v) is 16.2. The van der Waals surface area contributed by atoms with Crippen molar-refractivity contribution < 1.29 is 18.8 Å². The monoisotopic (exact) mass is 390 g/mol. The first kappa shape index (κ1) is 18.9. The molecule has 3 aromatic rings. The van der Waals surface area contributed by atoms with Gasteiger partial charge in [-0.25, -0.2) is 0 Å². The van der Waals surface area contributed by atoms with Crippen molar-refractivity contribution in [1.82, 2.24) is 10.1 Å². The van der Waals surface area contributed by atoms with Crippen LogP contribution in [-0.4, -0.2) is 28.5 Å². The number of nitrogens with zero attached hydrogens (tertiary/aromatic N) is 2. The van der Waals surface area contributed by atoms with Crippen molar-refractivity contribution in [1.29, 1.82) is 0 Å². The Hall–Kier alpha value is -3.41. The Labute approximate surface area is 169 Å². The third-order valence-corrected chi connectivity index (χ3v) is 5.22. The van der Waals surface area contributed by atoms with Gasteiger partial charge in [-0.15, -0.1) is 0 Å². The van der Waals surface area contributed by atoms with Gasteiger partial charge in [0.1, 0.15) is 12.3 Å². The Kier molecular flexibility index (Phi) is 5.42. The summed E-state index contributed by atoms with van der Waals surface area (Å²) in [5.74, 6) is -0.258. The standard InChI is InChI=1S/C23H22N2O4/c1-16(17-8-4-2-5-9-17)25-14-19(12-22(25)26)23(27)28-15-20-13-21(29-24-20)18-10-6-3-7-11-18/h2-11,13,16,19H,12,14-15H2,1H3/t16-,19-/m1/s1. The molecule has 1 saturated heterocycles. The van der Waals surface area contributed by atoms with Crippen LogP contribution >= 0.6 is 0 Å². The molecule has 1 amide bonds. The predicted octanol–water partition coefficient (Wildman–Crippen LogP) is 3.99. The summed E-state index contributed by atoms with van der Waals surface area (Å²) < 4.78 is 10.7. The highest BCUT2D eigenvalue weighted by atomic mass is 16.5. The fraction of sp³-hybridized carbons (Fsp3) is 0.261. The van der Waals surface area contributed by atoms with Crippen LogP contribution in [0.2, 0.25) is 0 Å². The van der Waals surface area contributed by atoms with Crippen LogP contribution in [0.1, 0.15) is 30.6 Å². The lowest BCUT2D eigenvalue weighted by atomic mass is 10.1. The van der Waals surface area contributed by atoms with Crippen molar-refractivity contribution in [2.45, 2.75) is 26.0 Å². The molecular formula is C23H22N2O4. The van der Waals surface area contributed by atoms with Gasteiger partial charge in [0.15, 0.2) is 5.76 Å². The number of likely N-dealkylation sites (tertiary alicyclic amines) is 1. The second-order valence-electron chi connectivity index (χ2n) is 7.19. The highest BCUT2D eigenvalue weighted by Crippen LogP contribution is 2.29. The Morgan fingerprint density at radius 3 is 2.59 bits per heavy atom. The minimum atomic E-state index is -0.464. The highest BCUT2D eigenvalue weighted by molar-refractivity contribution is 5.87. The summed E-state index contributed by atoms with van der Waals surface area (Å²) in [5.41, 5.74) is 2.49. The maximum Gasteiger partial charge on any atom is 0.311 e. The van der Waals surface area contributed by atoms with Gasteiger partial charge < -0.3 is 14.2 Å². The zero-order valence-electron chi connectivity index (χ0n) is 16.2. The number of carbonyl (C=O) groups excluding carboxylic acids is 2. The van der Waals surface area contributed by atoms with Crippen LogP contribution < -0.4 is 0 Å². The van der Waals surface area contributed by atoms with Crippen molar-refractivity contribution in [3.8, 4) is 11.3 Å². The van der Waals surface area contributed by atoms with E-state index in [0.29, 0.717) is 18.0 Å². The van der Waals surface area contributed by atoms with Crippen LogP contribution in [-0.2, 0) is 20.9 Å². The van der Waals surface area contributed by atoms with E-state index in [4.69, 9.17) is 9.26 Å². The number of hydrogen-bond donors (Lipinski definition) is 0. The van der Waals surface area contributed by atoms with E-state index >= 15 is 0 Å². The van der Waals surface area contributed by atoms with E-state index in [1.54, 1.807) is 11.0 Å². The van der Waals surface area contributed by atoms with E-state index in [2.05, 4.69) is 5.16 Å². The Morgan fingerprint density at radius 2 is 1.86 bits per heavy atom. The van der Waals surface area contributed by atoms with Gasteiger partial charge in [-0.3, -0.25) is 9.59 Å². The molecule has 2 aromatic carbocycles. The summed E-state index contributed by atoms with van der Waals surface area (Å²) in [4.78, 5) is 26.7. The van der Waals surface area contributed by atoms with Crippen LogP contribution in [0.5, 0.6) is 0 Å². The molecule has 148 valence electrons. The minimum absolute atomic E-state index is 0.0219. The molecule has 0 aliphatic carbocycles. The lowest BCUT2D eigenvalue weighted by Gasteiger charge is -2.25. The Bertz CT molecular complexity index is 984. The molecule has 1 aliphatic heterocycles. The Morgan fingerprint density at radius 1 is 1.17 bits per heavy atom. The van der Waals surface area contributed by atoms with Crippen LogP contribution in [0.15, 0.2) is 71.3 Å². The van der Waals surface area contributed by atoms with Gasteiger partial charge >= 0.3 is 5.97 Å². The summed E-state index contributed by atoms with van der Waals surface area (Å²) >= 11 is 0. The van der Waals surface area contributed by atoms with Gasteiger partial charge in [-0.05, 0) is 12.5 Å². The maximum atomic E-state index is 12.5. The van der Waals surface area contributed by atoms with Crippen LogP contribution in [0.25, 0.3) is 11.3 Å². The maximum absolute atomic E-state index is 12.5. The summed E-state index contributed by atoms with van der Waals surface area (Å²) in [5, 5.41) is 3.96. The topological polar surface area (TPSA) is 72.6 Å². The number of rotatable bonds is 6. The molecule has 6 heteroatoms. The SMILES string of the molecule is C[C@H](c1ccccc1)N1C[C@H](C(=O)OCc2cc(-c3ccccc3)on2)CC1=O. The molecule has 0 radical (unpaired) electrons. The van der Waals surface area contributed by atoms with Crippen LogP contribution in [0.4, 0.5) is 0 Å². The summed E-state index contributed by atoms with van der Waals surface area (Å²) in [7, 11) is 0. The molecule has 1 fully saturated rings. The van der Waals surface area contributed by atoms with Gasteiger partial charge in [0.2, 0.25) is 5.91 Å². The number of aromatic nitrogens is 1. The highest BCUT2D eigenvalue weighted by Gasteiger charge is 2.38. The molecule has 2 heterocycles. The molecule has 29 heavy (non-hydrogen) atoms. The predicted molar refractivity (Wildman–Crippen MR) is 106 cm³/mol. The fourth-order valence-electron chi connectivity index (χ4n) is 3.56. The first-order valence-electron chi connectivity index (χ1n) is 9.64. The van der Waals surface area contributed by atoms with E-state index in [1.807, 2.05) is 67.6 Å². The van der Waals surface area contributed by atoms with E-state index in [0.717, 1.165) is 11.1 Å². The van der Waals surface area contributed by atoms with Crippen molar-refractivity contribution in [2.75, 3.05) is 6.54 Å². The van der Waals surface area contributed by atoms with Crippen molar-refractivity contribution in [3.63, 3.8) is 0 Å². The summed E-state index contributed by atoms with van der Waals surface area (Å²) in [6, 6.07) is 21.1. The number of carbonyl (C=O) groups is 2. The third-order valence-electron chi connectivity index (χ3n) is 5.22. The van der Waals surface area contributed by atoms with Gasteiger partial charge in [0, 0.05) is 24.6 Å². The molecule has 0 N–H and O–H groups in total. The van der Waals surface area contributed by atoms with Crippen LogP contribution in [0.3, 0.4) is 0 Å². The number of ether oxygens (including phenoxy) is 1. The molecule has 6 nitrogen and oxygen atoms in total. The minimum Gasteiger partial charge on any atom is -0.459 e. The van der Waals surface area contributed by atoms with Crippen molar-refractivity contribution >= 4 is 11.9 Å². The van der Waals surface area contributed by atoms with E-state index in [-0.39, 0.29) is 30.9 Å². The molecule has 1 aromatic heterocycles. The van der Waals surface area contributed by atoms with E-state index in [9.17, 15) is 9.59 Å². The first-order chi connectivity index (χ1) is 14.1. The van der Waals surface area contributed by atoms with Crippen molar-refractivity contribution in [3.05, 3.63) is 78.0 Å². The average Bonchev–Trinajstić information content (AvgIpc) is 3.40. The van der Waals surface area contributed by atoms with Gasteiger partial charge in [0.05, 0.1) is 12.0 Å². The third kappa shape index (κ3) is 4.21. The number of esters is 1. The molecular weight excluding hydrogens is 368 g/mol. The average molecular weight is 390 g/mol. The molecule has 0 spiro atoms. The van der Waals surface area contributed by atoms with E-state index < -0.39 is 5.92 Å². The van der Waals surface area contributed by atoms with Gasteiger partial charge in [0.25, 0.3) is 0 Å². The summed E-state index contributed by atoms with van der Waals surface area (Å²) in [6.45, 7) is 2.36. The fourth-order valence-corrected chi connectivity index (χ4v) is 3.56. The molecule has 4 rings (SSSR count). The molecule has 0 unspecified atom stereocenters. The lowest BCUT2D eigenvalue weighted by molar-refractivity contribution is -0.149. The van der Waals surface area contributed by atoms with Crippen molar-refractivity contribution in [2.24, 2.45) is 5.92 Å². The second kappa shape index (κ2) is 8.31. The normalized spacial score (nSPS) is 17.3. The van der Waals surface area contributed by atoms with Gasteiger partial charge in [-0.1, -0.05) is 65.8 Å². The molecule has 2 atom stereocenters. The quantitative estimate of drug-likeness (QED) is 0.595. The number of amides is 1. The summed E-state index contributed by atoms with van der Waals surface area (Å²) in [6.07, 6.45) is 0.171. The smallest absolute Gasteiger partial charge is 0.311 e. The molecule has 0 saturated carbocycles. The Balaban J connectivity index is 1.34. The molecule has 0 bridgehead atoms. The number of hydrogen-bond acceptors (Lipinski definition) is 5.